The van der Waals surface area contributed by atoms with Gasteiger partial charge in [-0.05, 0) is 0 Å². The highest BCUT2D eigenvalue weighted by Crippen LogP contribution is 2.17. The van der Waals surface area contributed by atoms with Gasteiger partial charge in [0.25, 0.3) is 0 Å². The number of hydrogen-bond donors (Lipinski definition) is 0. The van der Waals surface area contributed by atoms with Crippen molar-refractivity contribution < 1.29 is 28.4 Å². The molecule has 7 heteroatoms. The molecule has 0 radical (unpaired) electrons. The zero-order chi connectivity index (χ0) is 20.0. The smallest absolute Gasteiger partial charge is 0.405 e. The molecule has 0 saturated carbocycles. The van der Waals surface area contributed by atoms with Crippen LogP contribution in [-0.2, 0) is 19.1 Å². The molecule has 0 unspecified atom stereocenters. The molecule has 0 aliphatic carbocycles. The molecule has 0 aliphatic rings. The largest absolute Gasteiger partial charge is 0.465 e. The molecule has 0 bridgehead atoms. The number of methoxy groups -OCH3 is 2. The van der Waals surface area contributed by atoms with Gasteiger partial charge < -0.3 is 14.4 Å². The van der Waals surface area contributed by atoms with Crippen LogP contribution in [0.4, 0.5) is 5.69 Å². The minimum atomic E-state index is -0.923. The Morgan fingerprint density at radius 2 is 1.41 bits per heavy atom. The van der Waals surface area contributed by atoms with Crippen LogP contribution in [0.25, 0.3) is 5.70 Å². The van der Waals surface area contributed by atoms with Crippen LogP contribution in [0, 0.1) is 0 Å². The summed E-state index contributed by atoms with van der Waals surface area (Å²) in [5.41, 5.74) is 0.510. The van der Waals surface area contributed by atoms with E-state index < -0.39 is 23.3 Å². The number of carbonyl (C=O) groups excluding carboxylic acids is 3. The number of pyridine rings is 1. The first-order chi connectivity index (χ1) is 12.9. The van der Waals surface area contributed by atoms with E-state index in [2.05, 4.69) is 0 Å². The lowest BCUT2D eigenvalue weighted by Gasteiger charge is -2.11. The number of nitrogens with zero attached hydrogens (tertiary/aromatic N) is 2. The number of anilines is 1. The fourth-order valence-electron chi connectivity index (χ4n) is 2.43. The van der Waals surface area contributed by atoms with Crippen molar-refractivity contribution in [3.05, 3.63) is 66.0 Å². The maximum Gasteiger partial charge on any atom is 0.405 e. The van der Waals surface area contributed by atoms with Crippen LogP contribution >= 0.6 is 0 Å². The molecule has 0 N–H and O–H groups in total. The molecule has 1 aromatic carbocycles. The molecule has 2 rings (SSSR count). The summed E-state index contributed by atoms with van der Waals surface area (Å²) in [6.07, 6.45) is 3.14. The van der Waals surface area contributed by atoms with Gasteiger partial charge in [0.15, 0.2) is 18.0 Å². The lowest BCUT2D eigenvalue weighted by atomic mass is 10.0. The van der Waals surface area contributed by atoms with Crippen molar-refractivity contribution in [2.75, 3.05) is 33.2 Å². The minimum Gasteiger partial charge on any atom is -0.465 e. The molecule has 0 amide bonds. The van der Waals surface area contributed by atoms with Gasteiger partial charge in [0, 0.05) is 37.5 Å². The minimum absolute atomic E-state index is 0.219. The van der Waals surface area contributed by atoms with Gasteiger partial charge in [-0.2, -0.15) is 4.57 Å². The molecule has 0 saturated heterocycles. The van der Waals surface area contributed by atoms with E-state index in [9.17, 15) is 14.4 Å². The monoisotopic (exact) mass is 369 g/mol. The fraction of sp³-hybridized carbons (Fsp3) is 0.200. The van der Waals surface area contributed by atoms with E-state index in [1.807, 2.05) is 19.0 Å². The number of hydrogen-bond acceptors (Lipinski definition) is 6. The molecule has 1 aromatic heterocycles. The predicted octanol–water partition coefficient (Wildman–Crippen LogP) is 1.48. The van der Waals surface area contributed by atoms with Crippen molar-refractivity contribution in [1.82, 2.24) is 0 Å². The number of ketones is 1. The van der Waals surface area contributed by atoms with Crippen molar-refractivity contribution in [2.45, 2.75) is 0 Å². The molecule has 0 fully saturated rings. The summed E-state index contributed by atoms with van der Waals surface area (Å²) < 4.78 is 11.0. The highest BCUT2D eigenvalue weighted by Gasteiger charge is 2.36. The number of rotatable bonds is 6. The maximum absolute atomic E-state index is 13.0. The van der Waals surface area contributed by atoms with Crippen molar-refractivity contribution in [3.8, 4) is 0 Å². The number of carbonyl (C=O) groups is 3. The van der Waals surface area contributed by atoms with Gasteiger partial charge in [-0.1, -0.05) is 30.3 Å². The number of aromatic nitrogens is 1. The molecule has 1 heterocycles. The predicted molar refractivity (Wildman–Crippen MR) is 99.0 cm³/mol. The second-order valence-electron chi connectivity index (χ2n) is 5.76. The lowest BCUT2D eigenvalue weighted by Crippen LogP contribution is -2.40. The van der Waals surface area contributed by atoms with Gasteiger partial charge in [0.05, 0.1) is 14.2 Å². The van der Waals surface area contributed by atoms with Crippen LogP contribution in [0.3, 0.4) is 0 Å². The maximum atomic E-state index is 13.0. The van der Waals surface area contributed by atoms with Gasteiger partial charge in [-0.3, -0.25) is 4.79 Å². The first-order valence-electron chi connectivity index (χ1n) is 8.10. The molecule has 140 valence electrons. The third kappa shape index (κ3) is 4.38. The van der Waals surface area contributed by atoms with Gasteiger partial charge in [-0.25, -0.2) is 9.59 Å². The molecule has 0 atom stereocenters. The fourth-order valence-corrected chi connectivity index (χ4v) is 2.43. The first kappa shape index (κ1) is 19.8. The van der Waals surface area contributed by atoms with Crippen LogP contribution in [0.5, 0.6) is 0 Å². The zero-order valence-corrected chi connectivity index (χ0v) is 15.6. The summed E-state index contributed by atoms with van der Waals surface area (Å²) in [5, 5.41) is 0. The normalized spacial score (nSPS) is 11.3. The average Bonchev–Trinajstić information content (AvgIpc) is 2.71. The van der Waals surface area contributed by atoms with E-state index in [4.69, 9.17) is 9.47 Å². The molecule has 27 heavy (non-hydrogen) atoms. The van der Waals surface area contributed by atoms with E-state index in [1.54, 1.807) is 54.9 Å². The van der Waals surface area contributed by atoms with E-state index in [-0.39, 0.29) is 11.3 Å². The van der Waals surface area contributed by atoms with E-state index in [1.165, 1.54) is 11.7 Å². The summed E-state index contributed by atoms with van der Waals surface area (Å²) in [6, 6.07) is 11.7. The number of ether oxygens (including phenoxy) is 2. The van der Waals surface area contributed by atoms with Crippen LogP contribution in [0.2, 0.25) is 0 Å². The van der Waals surface area contributed by atoms with Crippen LogP contribution < -0.4 is 9.47 Å². The Labute approximate surface area is 157 Å². The molecular weight excluding hydrogens is 348 g/mol. The van der Waals surface area contributed by atoms with E-state index in [0.717, 1.165) is 12.8 Å². The van der Waals surface area contributed by atoms with Crippen LogP contribution in [-0.4, -0.2) is 46.0 Å². The highest BCUT2D eigenvalue weighted by molar-refractivity contribution is 6.32. The van der Waals surface area contributed by atoms with E-state index in [0.29, 0.717) is 0 Å². The summed E-state index contributed by atoms with van der Waals surface area (Å²) >= 11 is 0. The Bertz CT molecular complexity index is 871. The lowest BCUT2D eigenvalue weighted by molar-refractivity contribution is -0.578. The summed E-state index contributed by atoms with van der Waals surface area (Å²) in [5.74, 6) is -2.39. The van der Waals surface area contributed by atoms with Gasteiger partial charge in [-0.15, -0.1) is 0 Å². The third-order valence-electron chi connectivity index (χ3n) is 3.85. The number of Topliss-reactive ketones (excluding diaryl/α,β-unsaturated/α-hetero) is 1. The Morgan fingerprint density at radius 3 is 1.89 bits per heavy atom. The zero-order valence-electron chi connectivity index (χ0n) is 15.6. The quantitative estimate of drug-likeness (QED) is 0.192. The first-order valence-corrected chi connectivity index (χ1v) is 8.10. The van der Waals surface area contributed by atoms with Crippen molar-refractivity contribution in [2.24, 2.45) is 0 Å². The Balaban J connectivity index is 2.71. The van der Waals surface area contributed by atoms with Crippen molar-refractivity contribution in [3.63, 3.8) is 0 Å². The van der Waals surface area contributed by atoms with Gasteiger partial charge >= 0.3 is 17.6 Å². The van der Waals surface area contributed by atoms with Gasteiger partial charge in [0.1, 0.15) is 0 Å². The van der Waals surface area contributed by atoms with Crippen LogP contribution in [0.1, 0.15) is 10.4 Å². The summed E-state index contributed by atoms with van der Waals surface area (Å²) in [7, 11) is 6.07. The topological polar surface area (TPSA) is 76.8 Å². The standard InChI is InChI=1S/C20H21N2O5/c1-21(2)15-10-12-22(13-11-15)17(20(25)27-4)16(19(24)26-3)18(23)14-8-6-5-7-9-14/h5-13H,1-4H3/q+1/b17-16-. The van der Waals surface area contributed by atoms with Crippen molar-refractivity contribution >= 4 is 29.1 Å². The molecule has 0 spiro atoms. The highest BCUT2D eigenvalue weighted by atomic mass is 16.5. The summed E-state index contributed by atoms with van der Waals surface area (Å²) in [4.78, 5) is 39.7. The average molecular weight is 369 g/mol. The molecule has 2 aromatic rings. The molecule has 7 nitrogen and oxygen atoms in total. The molecular formula is C20H21N2O5+. The number of esters is 2. The number of benzene rings is 1. The summed E-state index contributed by atoms with van der Waals surface area (Å²) in [6.45, 7) is 0. The Morgan fingerprint density at radius 1 is 0.852 bits per heavy atom. The van der Waals surface area contributed by atoms with Crippen molar-refractivity contribution in [1.29, 1.82) is 0 Å². The second kappa shape index (κ2) is 8.75. The second-order valence-corrected chi connectivity index (χ2v) is 5.76. The van der Waals surface area contributed by atoms with E-state index >= 15 is 0 Å². The SMILES string of the molecule is COC(=O)/C(C(=O)c1ccccc1)=C(/C(=O)OC)[n+]1ccc(N(C)C)cc1. The Kier molecular flexibility index (Phi) is 6.43. The third-order valence-corrected chi connectivity index (χ3v) is 3.85. The van der Waals surface area contributed by atoms with Crippen LogP contribution in [0.15, 0.2) is 60.4 Å². The van der Waals surface area contributed by atoms with Gasteiger partial charge in [0.2, 0.25) is 5.78 Å². The molecule has 0 aliphatic heterocycles. The Hall–Kier alpha value is -3.48.